The Balaban J connectivity index is 1.58. The number of carbonyl (C=O) groups excluding carboxylic acids is 2. The van der Waals surface area contributed by atoms with Crippen molar-refractivity contribution >= 4 is 46.2 Å². The molecule has 7 nitrogen and oxygen atoms in total. The molecule has 0 atom stereocenters. The van der Waals surface area contributed by atoms with E-state index in [2.05, 4.69) is 20.6 Å². The molecule has 0 aliphatic carbocycles. The van der Waals surface area contributed by atoms with Crippen molar-refractivity contribution in [2.45, 2.75) is 12.1 Å². The van der Waals surface area contributed by atoms with Gasteiger partial charge in [-0.1, -0.05) is 17.8 Å². The molecule has 3 aromatic rings. The Morgan fingerprint density at radius 3 is 2.71 bits per heavy atom. The maximum atomic E-state index is 12.0. The Bertz CT molecular complexity index is 861. The minimum Gasteiger partial charge on any atom is -0.430 e. The van der Waals surface area contributed by atoms with Gasteiger partial charge in [-0.15, -0.1) is 0 Å². The quantitative estimate of drug-likeness (QED) is 0.692. The summed E-state index contributed by atoms with van der Waals surface area (Å²) in [5.41, 5.74) is 2.33. The molecule has 0 aliphatic rings. The lowest BCUT2D eigenvalue weighted by Gasteiger charge is -2.07. The summed E-state index contributed by atoms with van der Waals surface area (Å²) < 4.78 is 5.49. The SMILES string of the molecule is CC(=O)Nc1cccc(NC(=O)CSc2nc3ncccc3o2)c1. The van der Waals surface area contributed by atoms with Crippen LogP contribution in [0, 0.1) is 0 Å². The van der Waals surface area contributed by atoms with Crippen LogP contribution < -0.4 is 10.6 Å². The van der Waals surface area contributed by atoms with Crippen molar-refractivity contribution in [3.8, 4) is 0 Å². The number of nitrogens with one attached hydrogen (secondary N) is 2. The van der Waals surface area contributed by atoms with Crippen molar-refractivity contribution < 1.29 is 14.0 Å². The van der Waals surface area contributed by atoms with Crippen LogP contribution in [0.4, 0.5) is 11.4 Å². The molecule has 2 heterocycles. The number of carbonyl (C=O) groups is 2. The molecule has 8 heteroatoms. The zero-order chi connectivity index (χ0) is 16.9. The van der Waals surface area contributed by atoms with Gasteiger partial charge in [-0.2, -0.15) is 4.98 Å². The highest BCUT2D eigenvalue weighted by Gasteiger charge is 2.10. The molecular formula is C16H14N4O3S. The lowest BCUT2D eigenvalue weighted by molar-refractivity contribution is -0.114. The maximum absolute atomic E-state index is 12.0. The number of anilines is 2. The molecule has 0 fully saturated rings. The first-order valence-corrected chi connectivity index (χ1v) is 8.10. The normalized spacial score (nSPS) is 10.5. The zero-order valence-corrected chi connectivity index (χ0v) is 13.6. The second-order valence-electron chi connectivity index (χ2n) is 4.90. The zero-order valence-electron chi connectivity index (χ0n) is 12.8. The second-order valence-corrected chi connectivity index (χ2v) is 5.83. The standard InChI is InChI=1S/C16H14N4O3S/c1-10(21)18-11-4-2-5-12(8-11)19-14(22)9-24-16-20-15-13(23-16)6-3-7-17-15/h2-8H,9H2,1H3,(H,18,21)(H,19,22). The van der Waals surface area contributed by atoms with Gasteiger partial charge in [-0.3, -0.25) is 9.59 Å². The van der Waals surface area contributed by atoms with Crippen molar-refractivity contribution in [2.75, 3.05) is 16.4 Å². The van der Waals surface area contributed by atoms with Gasteiger partial charge in [0.25, 0.3) is 5.22 Å². The average Bonchev–Trinajstić information content (AvgIpc) is 2.95. The van der Waals surface area contributed by atoms with Crippen LogP contribution in [0.2, 0.25) is 0 Å². The first kappa shape index (κ1) is 16.0. The third-order valence-electron chi connectivity index (χ3n) is 2.94. The number of pyridine rings is 1. The maximum Gasteiger partial charge on any atom is 0.258 e. The molecular weight excluding hydrogens is 328 g/mol. The lowest BCUT2D eigenvalue weighted by atomic mass is 10.2. The third-order valence-corrected chi connectivity index (χ3v) is 3.77. The van der Waals surface area contributed by atoms with E-state index >= 15 is 0 Å². The fourth-order valence-corrected chi connectivity index (χ4v) is 2.64. The molecule has 0 saturated heterocycles. The van der Waals surface area contributed by atoms with Gasteiger partial charge in [0.15, 0.2) is 11.2 Å². The summed E-state index contributed by atoms with van der Waals surface area (Å²) in [5, 5.41) is 5.82. The fourth-order valence-electron chi connectivity index (χ4n) is 2.01. The molecule has 2 N–H and O–H groups in total. The van der Waals surface area contributed by atoms with Crippen LogP contribution >= 0.6 is 11.8 Å². The number of benzene rings is 1. The van der Waals surface area contributed by atoms with Crippen LogP contribution in [0.1, 0.15) is 6.92 Å². The van der Waals surface area contributed by atoms with Gasteiger partial charge in [0.2, 0.25) is 11.8 Å². The van der Waals surface area contributed by atoms with Crippen molar-refractivity contribution in [2.24, 2.45) is 0 Å². The molecule has 1 aromatic carbocycles. The largest absolute Gasteiger partial charge is 0.430 e. The molecule has 0 bridgehead atoms. The van der Waals surface area contributed by atoms with Crippen LogP contribution in [0.3, 0.4) is 0 Å². The highest BCUT2D eigenvalue weighted by atomic mass is 32.2. The number of aromatic nitrogens is 2. The number of nitrogens with zero attached hydrogens (tertiary/aromatic N) is 2. The van der Waals surface area contributed by atoms with E-state index in [1.165, 1.54) is 18.7 Å². The van der Waals surface area contributed by atoms with Crippen molar-refractivity contribution in [3.05, 3.63) is 42.6 Å². The second kappa shape index (κ2) is 7.14. The number of hydrogen-bond donors (Lipinski definition) is 2. The van der Waals surface area contributed by atoms with E-state index in [1.54, 1.807) is 42.6 Å². The van der Waals surface area contributed by atoms with Crippen molar-refractivity contribution in [3.63, 3.8) is 0 Å². The summed E-state index contributed by atoms with van der Waals surface area (Å²) in [6.45, 7) is 1.43. The van der Waals surface area contributed by atoms with Crippen LogP contribution in [0.5, 0.6) is 0 Å². The monoisotopic (exact) mass is 342 g/mol. The number of fused-ring (bicyclic) bond motifs is 1. The molecule has 0 spiro atoms. The highest BCUT2D eigenvalue weighted by molar-refractivity contribution is 7.99. The summed E-state index contributed by atoms with van der Waals surface area (Å²) in [6.07, 6.45) is 1.63. The summed E-state index contributed by atoms with van der Waals surface area (Å²) >= 11 is 1.19. The molecule has 0 saturated carbocycles. The van der Waals surface area contributed by atoms with Crippen LogP contribution in [0.15, 0.2) is 52.2 Å². The van der Waals surface area contributed by atoms with Crippen molar-refractivity contribution in [1.29, 1.82) is 0 Å². The Kier molecular flexibility index (Phi) is 4.76. The fraction of sp³-hybridized carbons (Fsp3) is 0.125. The Morgan fingerprint density at radius 1 is 1.17 bits per heavy atom. The van der Waals surface area contributed by atoms with Crippen LogP contribution in [0.25, 0.3) is 11.2 Å². The van der Waals surface area contributed by atoms with E-state index in [-0.39, 0.29) is 17.6 Å². The molecule has 122 valence electrons. The van der Waals surface area contributed by atoms with Gasteiger partial charge in [-0.25, -0.2) is 4.98 Å². The first-order chi connectivity index (χ1) is 11.6. The van der Waals surface area contributed by atoms with Gasteiger partial charge in [0.1, 0.15) is 0 Å². The molecule has 24 heavy (non-hydrogen) atoms. The van der Waals surface area contributed by atoms with Crippen LogP contribution in [-0.4, -0.2) is 27.5 Å². The van der Waals surface area contributed by atoms with Crippen LogP contribution in [-0.2, 0) is 9.59 Å². The molecule has 0 aliphatic heterocycles. The smallest absolute Gasteiger partial charge is 0.258 e. The average molecular weight is 342 g/mol. The van der Waals surface area contributed by atoms with E-state index in [9.17, 15) is 9.59 Å². The van der Waals surface area contributed by atoms with E-state index in [4.69, 9.17) is 4.42 Å². The Labute approximate surface area is 141 Å². The Hall–Kier alpha value is -2.87. The van der Waals surface area contributed by atoms with Gasteiger partial charge >= 0.3 is 0 Å². The molecule has 2 aromatic heterocycles. The predicted octanol–water partition coefficient (Wildman–Crippen LogP) is 2.91. The minimum absolute atomic E-state index is 0.150. The number of rotatable bonds is 5. The third kappa shape index (κ3) is 4.11. The first-order valence-electron chi connectivity index (χ1n) is 7.12. The van der Waals surface area contributed by atoms with Crippen molar-refractivity contribution in [1.82, 2.24) is 9.97 Å². The molecule has 0 radical (unpaired) electrons. The number of oxazole rings is 1. The van der Waals surface area contributed by atoms with E-state index in [0.29, 0.717) is 27.8 Å². The van der Waals surface area contributed by atoms with Gasteiger partial charge in [-0.05, 0) is 30.3 Å². The summed E-state index contributed by atoms with van der Waals surface area (Å²) in [5.74, 6) is -0.217. The summed E-state index contributed by atoms with van der Waals surface area (Å²) in [4.78, 5) is 31.4. The van der Waals surface area contributed by atoms with Gasteiger partial charge in [0.05, 0.1) is 5.75 Å². The summed E-state index contributed by atoms with van der Waals surface area (Å²) in [7, 11) is 0. The minimum atomic E-state index is -0.199. The molecule has 3 rings (SSSR count). The predicted molar refractivity (Wildman–Crippen MR) is 91.9 cm³/mol. The van der Waals surface area contributed by atoms with E-state index in [1.807, 2.05) is 0 Å². The van der Waals surface area contributed by atoms with Gasteiger partial charge in [0, 0.05) is 24.5 Å². The van der Waals surface area contributed by atoms with E-state index in [0.717, 1.165) is 0 Å². The molecule has 2 amide bonds. The van der Waals surface area contributed by atoms with Gasteiger partial charge < -0.3 is 15.1 Å². The molecule has 0 unspecified atom stereocenters. The number of hydrogen-bond acceptors (Lipinski definition) is 6. The van der Waals surface area contributed by atoms with E-state index < -0.39 is 0 Å². The summed E-state index contributed by atoms with van der Waals surface area (Å²) in [6, 6.07) is 10.5. The number of thioether (sulfide) groups is 1. The topological polar surface area (TPSA) is 97.1 Å². The highest BCUT2D eigenvalue weighted by Crippen LogP contribution is 2.22. The number of amides is 2. The lowest BCUT2D eigenvalue weighted by Crippen LogP contribution is -2.14. The Morgan fingerprint density at radius 2 is 1.96 bits per heavy atom.